The Balaban J connectivity index is 1.27. The number of aromatic nitrogens is 5. The summed E-state index contributed by atoms with van der Waals surface area (Å²) in [6.07, 6.45) is 6.26. The van der Waals surface area contributed by atoms with Gasteiger partial charge in [0.15, 0.2) is 5.15 Å². The molecular weight excluding hydrogens is 583 g/mol. The van der Waals surface area contributed by atoms with Crippen molar-refractivity contribution in [2.24, 2.45) is 5.92 Å². The summed E-state index contributed by atoms with van der Waals surface area (Å²) < 4.78 is 2.95. The highest BCUT2D eigenvalue weighted by atomic mass is 35.5. The highest BCUT2D eigenvalue weighted by molar-refractivity contribution is 6.31. The van der Waals surface area contributed by atoms with Crippen molar-refractivity contribution in [3.63, 3.8) is 0 Å². The lowest BCUT2D eigenvalue weighted by Crippen LogP contribution is -2.45. The third-order valence-electron chi connectivity index (χ3n) is 7.97. The summed E-state index contributed by atoms with van der Waals surface area (Å²) in [6, 6.07) is 26.1. The number of amides is 1. The quantitative estimate of drug-likeness (QED) is 0.212. The maximum absolute atomic E-state index is 14.1. The van der Waals surface area contributed by atoms with Crippen LogP contribution in [-0.4, -0.2) is 48.4 Å². The molecule has 0 aliphatic carbocycles. The number of rotatable bonds is 8. The topological polar surface area (TPSA) is 85.9 Å². The Bertz CT molecular complexity index is 1770. The molecule has 2 aromatic heterocycles. The van der Waals surface area contributed by atoms with Gasteiger partial charge in [0.2, 0.25) is 5.91 Å². The average molecular weight is 614 g/mol. The first-order valence-electron chi connectivity index (χ1n) is 14.3. The SMILES string of the molecule is O=C([C@H](Cc1ccccc1)n1cnc(-c2cc(Cl)ccc2-n2cc(Cl)nn2)cc1=O)N1CCC(Cc2ccccc2)CC1. The van der Waals surface area contributed by atoms with Gasteiger partial charge in [0.1, 0.15) is 6.04 Å². The molecule has 0 saturated carbocycles. The molecule has 0 bridgehead atoms. The molecule has 1 fully saturated rings. The molecule has 1 atom stereocenters. The van der Waals surface area contributed by atoms with Crippen molar-refractivity contribution in [2.45, 2.75) is 31.7 Å². The third-order valence-corrected chi connectivity index (χ3v) is 8.38. The summed E-state index contributed by atoms with van der Waals surface area (Å²) in [5, 5.41) is 8.61. The number of benzene rings is 3. The van der Waals surface area contributed by atoms with E-state index in [1.54, 1.807) is 24.4 Å². The summed E-state index contributed by atoms with van der Waals surface area (Å²) in [4.78, 5) is 34.3. The zero-order chi connectivity index (χ0) is 29.8. The molecule has 0 unspecified atom stereocenters. The standard InChI is InChI=1S/C33H30Cl2N6O2/c34-26-11-12-29(41-21-31(35)37-38-41)27(19-26)28-20-32(42)40(22-36-28)30(18-24-9-5-2-6-10-24)33(43)39-15-13-25(14-16-39)17-23-7-3-1-4-8-23/h1-12,19-22,25,30H,13-18H2/t30-/m0/s1. The first-order chi connectivity index (χ1) is 20.9. The van der Waals surface area contributed by atoms with E-state index >= 15 is 0 Å². The Morgan fingerprint density at radius 2 is 1.60 bits per heavy atom. The molecule has 0 N–H and O–H groups in total. The Kier molecular flexibility index (Phi) is 8.67. The molecule has 1 aliphatic heterocycles. The van der Waals surface area contributed by atoms with Crippen molar-refractivity contribution in [1.29, 1.82) is 0 Å². The molecule has 1 amide bonds. The molecule has 5 aromatic rings. The Morgan fingerprint density at radius 3 is 2.26 bits per heavy atom. The average Bonchev–Trinajstić information content (AvgIpc) is 3.47. The van der Waals surface area contributed by atoms with Gasteiger partial charge in [0, 0.05) is 36.2 Å². The van der Waals surface area contributed by atoms with Crippen molar-refractivity contribution in [1.82, 2.24) is 29.4 Å². The van der Waals surface area contributed by atoms with Crippen LogP contribution in [0.2, 0.25) is 10.2 Å². The molecule has 1 aliphatic rings. The molecule has 0 radical (unpaired) electrons. The van der Waals surface area contributed by atoms with Crippen molar-refractivity contribution in [2.75, 3.05) is 13.1 Å². The van der Waals surface area contributed by atoms with Gasteiger partial charge in [0.25, 0.3) is 5.56 Å². The number of piperidine rings is 1. The maximum Gasteiger partial charge on any atom is 0.254 e. The number of likely N-dealkylation sites (tertiary alicyclic amines) is 1. The van der Waals surface area contributed by atoms with Crippen LogP contribution in [0.5, 0.6) is 0 Å². The van der Waals surface area contributed by atoms with E-state index in [9.17, 15) is 9.59 Å². The van der Waals surface area contributed by atoms with Crippen LogP contribution in [0.4, 0.5) is 0 Å². The van der Waals surface area contributed by atoms with Gasteiger partial charge < -0.3 is 4.90 Å². The second-order valence-corrected chi connectivity index (χ2v) is 11.7. The van der Waals surface area contributed by atoms with Crippen LogP contribution in [0.3, 0.4) is 0 Å². The molecule has 43 heavy (non-hydrogen) atoms. The Labute approximate surface area is 259 Å². The number of hydrogen-bond donors (Lipinski definition) is 0. The van der Waals surface area contributed by atoms with Gasteiger partial charge in [-0.15, -0.1) is 5.10 Å². The second kappa shape index (κ2) is 12.9. The fraction of sp³-hybridized carbons (Fsp3) is 0.242. The predicted octanol–water partition coefficient (Wildman–Crippen LogP) is 6.06. The van der Waals surface area contributed by atoms with Gasteiger partial charge in [0.05, 0.1) is 23.9 Å². The molecule has 218 valence electrons. The molecule has 3 aromatic carbocycles. The lowest BCUT2D eigenvalue weighted by atomic mass is 9.90. The maximum atomic E-state index is 14.1. The van der Waals surface area contributed by atoms with Gasteiger partial charge in [-0.1, -0.05) is 89.1 Å². The van der Waals surface area contributed by atoms with Gasteiger partial charge in [-0.05, 0) is 54.5 Å². The van der Waals surface area contributed by atoms with E-state index in [2.05, 4.69) is 39.6 Å². The zero-order valence-electron chi connectivity index (χ0n) is 23.4. The summed E-state index contributed by atoms with van der Waals surface area (Å²) in [5.74, 6) is 0.453. The highest BCUT2D eigenvalue weighted by Crippen LogP contribution is 2.29. The lowest BCUT2D eigenvalue weighted by molar-refractivity contribution is -0.136. The van der Waals surface area contributed by atoms with E-state index < -0.39 is 6.04 Å². The molecule has 10 heteroatoms. The minimum Gasteiger partial charge on any atom is -0.341 e. The minimum absolute atomic E-state index is 0.0700. The third kappa shape index (κ3) is 6.71. The van der Waals surface area contributed by atoms with E-state index in [0.717, 1.165) is 24.8 Å². The summed E-state index contributed by atoms with van der Waals surface area (Å²) in [7, 11) is 0. The van der Waals surface area contributed by atoms with Crippen molar-refractivity contribution < 1.29 is 4.79 Å². The van der Waals surface area contributed by atoms with Crippen LogP contribution >= 0.6 is 23.2 Å². The van der Waals surface area contributed by atoms with Crippen LogP contribution in [-0.2, 0) is 17.6 Å². The van der Waals surface area contributed by atoms with Crippen molar-refractivity contribution in [3.8, 4) is 16.9 Å². The van der Waals surface area contributed by atoms with Crippen LogP contribution in [0.1, 0.15) is 30.0 Å². The van der Waals surface area contributed by atoms with Crippen molar-refractivity contribution in [3.05, 3.63) is 129 Å². The van der Waals surface area contributed by atoms with E-state index in [4.69, 9.17) is 23.2 Å². The summed E-state index contributed by atoms with van der Waals surface area (Å²) in [5.41, 5.74) is 3.56. The van der Waals surface area contributed by atoms with Gasteiger partial charge in [-0.2, -0.15) is 0 Å². The van der Waals surface area contributed by atoms with Crippen LogP contribution in [0.15, 0.2) is 102 Å². The number of halogens is 2. The molecular formula is C33H30Cl2N6O2. The Morgan fingerprint density at radius 1 is 0.907 bits per heavy atom. The second-order valence-electron chi connectivity index (χ2n) is 10.8. The van der Waals surface area contributed by atoms with Gasteiger partial charge in [-0.25, -0.2) is 9.67 Å². The van der Waals surface area contributed by atoms with E-state index in [-0.39, 0.29) is 16.6 Å². The minimum atomic E-state index is -0.727. The fourth-order valence-electron chi connectivity index (χ4n) is 5.72. The number of hydrogen-bond acceptors (Lipinski definition) is 5. The molecule has 6 rings (SSSR count). The first kappa shape index (κ1) is 28.8. The number of nitrogens with zero attached hydrogens (tertiary/aromatic N) is 6. The number of carbonyl (C=O) groups is 1. The van der Waals surface area contributed by atoms with E-state index in [0.29, 0.717) is 47.4 Å². The molecule has 1 saturated heterocycles. The number of carbonyl (C=O) groups excluding carboxylic acids is 1. The van der Waals surface area contributed by atoms with Crippen molar-refractivity contribution >= 4 is 29.1 Å². The monoisotopic (exact) mass is 612 g/mol. The first-order valence-corrected chi connectivity index (χ1v) is 15.0. The van der Waals surface area contributed by atoms with Crippen LogP contribution in [0, 0.1) is 5.92 Å². The normalized spacial score (nSPS) is 14.5. The van der Waals surface area contributed by atoms with Crippen LogP contribution < -0.4 is 5.56 Å². The smallest absolute Gasteiger partial charge is 0.254 e. The fourth-order valence-corrected chi connectivity index (χ4v) is 6.02. The highest BCUT2D eigenvalue weighted by Gasteiger charge is 2.30. The largest absolute Gasteiger partial charge is 0.341 e. The van der Waals surface area contributed by atoms with Gasteiger partial charge in [-0.3, -0.25) is 14.2 Å². The molecule has 8 nitrogen and oxygen atoms in total. The van der Waals surface area contributed by atoms with E-state index in [1.807, 2.05) is 41.3 Å². The predicted molar refractivity (Wildman–Crippen MR) is 168 cm³/mol. The van der Waals surface area contributed by atoms with Crippen LogP contribution in [0.25, 0.3) is 16.9 Å². The Hall–Kier alpha value is -4.27. The lowest BCUT2D eigenvalue weighted by Gasteiger charge is -2.34. The van der Waals surface area contributed by atoms with Gasteiger partial charge >= 0.3 is 0 Å². The summed E-state index contributed by atoms with van der Waals surface area (Å²) >= 11 is 12.3. The molecule has 0 spiro atoms. The zero-order valence-corrected chi connectivity index (χ0v) is 24.9. The molecule has 3 heterocycles. The van der Waals surface area contributed by atoms with E-state index in [1.165, 1.54) is 27.2 Å². The summed E-state index contributed by atoms with van der Waals surface area (Å²) in [6.45, 7) is 1.32.